The molecule has 0 saturated heterocycles. The lowest BCUT2D eigenvalue weighted by atomic mass is 10.2. The number of fused-ring (bicyclic) bond motifs is 1. The summed E-state index contributed by atoms with van der Waals surface area (Å²) in [6.45, 7) is -0.295. The normalized spacial score (nSPS) is 12.6. The highest BCUT2D eigenvalue weighted by Gasteiger charge is 2.09. The molecule has 94 valence electrons. The molecule has 1 heterocycles. The van der Waals surface area contributed by atoms with Gasteiger partial charge in [0, 0.05) is 16.7 Å². The molecule has 0 aliphatic heterocycles. The summed E-state index contributed by atoms with van der Waals surface area (Å²) in [6.07, 6.45) is -0.0459. The van der Waals surface area contributed by atoms with Crippen LogP contribution in [0.25, 0.3) is 10.9 Å². The van der Waals surface area contributed by atoms with Crippen LogP contribution in [0, 0.1) is 0 Å². The van der Waals surface area contributed by atoms with E-state index in [-0.39, 0.29) is 6.61 Å². The van der Waals surface area contributed by atoms with Crippen LogP contribution in [0.3, 0.4) is 0 Å². The van der Waals surface area contributed by atoms with Gasteiger partial charge in [0.2, 0.25) is 0 Å². The Morgan fingerprint density at radius 1 is 1.39 bits per heavy atom. The number of hydrogen-bond acceptors (Lipinski definition) is 5. The molecule has 1 atom stereocenters. The van der Waals surface area contributed by atoms with Crippen molar-refractivity contribution in [2.24, 2.45) is 0 Å². The van der Waals surface area contributed by atoms with Crippen LogP contribution in [-0.2, 0) is 0 Å². The van der Waals surface area contributed by atoms with Crippen molar-refractivity contribution < 1.29 is 15.0 Å². The van der Waals surface area contributed by atoms with Crippen LogP contribution in [0.1, 0.15) is 10.4 Å². The van der Waals surface area contributed by atoms with E-state index in [0.717, 1.165) is 17.2 Å². The minimum atomic E-state index is -0.803. The number of aldehydes is 1. The van der Waals surface area contributed by atoms with Crippen molar-refractivity contribution in [2.45, 2.75) is 11.1 Å². The summed E-state index contributed by atoms with van der Waals surface area (Å²) in [6, 6.07) is 9.32. The van der Waals surface area contributed by atoms with Gasteiger partial charge >= 0.3 is 0 Å². The molecule has 0 bridgehead atoms. The fourth-order valence-electron chi connectivity index (χ4n) is 1.54. The van der Waals surface area contributed by atoms with Crippen LogP contribution in [0.2, 0.25) is 0 Å². The third-order valence-corrected chi connectivity index (χ3v) is 3.62. The van der Waals surface area contributed by atoms with Crippen LogP contribution in [0.4, 0.5) is 0 Å². The lowest BCUT2D eigenvalue weighted by Crippen LogP contribution is -2.14. The maximum Gasteiger partial charge on any atom is 0.152 e. The van der Waals surface area contributed by atoms with E-state index in [2.05, 4.69) is 4.98 Å². The molecule has 5 heteroatoms. The van der Waals surface area contributed by atoms with E-state index in [0.29, 0.717) is 16.3 Å². The predicted octanol–water partition coefficient (Wildman–Crippen LogP) is 1.49. The first-order chi connectivity index (χ1) is 8.74. The molecular weight excluding hydrogens is 250 g/mol. The van der Waals surface area contributed by atoms with Crippen molar-refractivity contribution in [3.63, 3.8) is 0 Å². The lowest BCUT2D eigenvalue weighted by Gasteiger charge is -2.08. The zero-order valence-corrected chi connectivity index (χ0v) is 10.4. The number of hydrogen-bond donors (Lipinski definition) is 2. The number of pyridine rings is 1. The smallest absolute Gasteiger partial charge is 0.152 e. The van der Waals surface area contributed by atoms with Crippen molar-refractivity contribution in [3.05, 3.63) is 35.9 Å². The topological polar surface area (TPSA) is 70.4 Å². The maximum atomic E-state index is 11.0. The molecule has 1 aromatic carbocycles. The Kier molecular flexibility index (Phi) is 4.30. The van der Waals surface area contributed by atoms with Gasteiger partial charge < -0.3 is 10.2 Å². The SMILES string of the molecule is O=Cc1cc2ccccc2nc1SCC(O)CO. The van der Waals surface area contributed by atoms with Gasteiger partial charge in [0.15, 0.2) is 6.29 Å². The standard InChI is InChI=1S/C13H13NO3S/c15-6-10-5-9-3-1-2-4-12(9)14-13(10)18-8-11(17)7-16/h1-6,11,16-17H,7-8H2. The number of aromatic nitrogens is 1. The van der Waals surface area contributed by atoms with Gasteiger partial charge in [0.05, 0.1) is 18.2 Å². The van der Waals surface area contributed by atoms with Crippen LogP contribution < -0.4 is 0 Å². The number of thioether (sulfide) groups is 1. The van der Waals surface area contributed by atoms with Crippen LogP contribution in [0.15, 0.2) is 35.4 Å². The first kappa shape index (κ1) is 13.0. The third kappa shape index (κ3) is 2.87. The second-order valence-corrected chi connectivity index (χ2v) is 4.85. The molecule has 0 saturated carbocycles. The van der Waals surface area contributed by atoms with Gasteiger partial charge in [-0.25, -0.2) is 4.98 Å². The van der Waals surface area contributed by atoms with Gasteiger partial charge in [-0.15, -0.1) is 11.8 Å². The minimum absolute atomic E-state index is 0.295. The number of aliphatic hydroxyl groups is 2. The van der Waals surface area contributed by atoms with E-state index in [9.17, 15) is 9.90 Å². The van der Waals surface area contributed by atoms with Gasteiger partial charge in [-0.3, -0.25) is 4.79 Å². The summed E-state index contributed by atoms with van der Waals surface area (Å²) in [5, 5.41) is 19.6. The predicted molar refractivity (Wildman–Crippen MR) is 70.9 cm³/mol. The zero-order valence-electron chi connectivity index (χ0n) is 9.61. The molecule has 0 fully saturated rings. The molecule has 2 aromatic rings. The molecule has 0 aliphatic rings. The highest BCUT2D eigenvalue weighted by Crippen LogP contribution is 2.24. The van der Waals surface area contributed by atoms with E-state index in [4.69, 9.17) is 5.11 Å². The summed E-state index contributed by atoms with van der Waals surface area (Å²) in [7, 11) is 0. The lowest BCUT2D eigenvalue weighted by molar-refractivity contribution is 0.111. The molecule has 0 amide bonds. The van der Waals surface area contributed by atoms with E-state index in [1.807, 2.05) is 24.3 Å². The number of aliphatic hydroxyl groups excluding tert-OH is 2. The fraction of sp³-hybridized carbons (Fsp3) is 0.231. The van der Waals surface area contributed by atoms with E-state index < -0.39 is 6.10 Å². The molecule has 2 rings (SSSR count). The number of benzene rings is 1. The van der Waals surface area contributed by atoms with Crippen molar-refractivity contribution in [2.75, 3.05) is 12.4 Å². The number of carbonyl (C=O) groups is 1. The van der Waals surface area contributed by atoms with Gasteiger partial charge in [0.25, 0.3) is 0 Å². The Bertz CT molecular complexity index is 559. The quantitative estimate of drug-likeness (QED) is 0.632. The van der Waals surface area contributed by atoms with Crippen molar-refractivity contribution in [3.8, 4) is 0 Å². The molecule has 0 aliphatic carbocycles. The highest BCUT2D eigenvalue weighted by molar-refractivity contribution is 7.99. The monoisotopic (exact) mass is 263 g/mol. The van der Waals surface area contributed by atoms with Crippen LogP contribution in [-0.4, -0.2) is 39.9 Å². The summed E-state index contributed by atoms with van der Waals surface area (Å²) >= 11 is 1.27. The third-order valence-electron chi connectivity index (χ3n) is 2.47. The second-order valence-electron chi connectivity index (χ2n) is 3.84. The van der Waals surface area contributed by atoms with Crippen molar-refractivity contribution >= 4 is 29.0 Å². The first-order valence-corrected chi connectivity index (χ1v) is 6.50. The van der Waals surface area contributed by atoms with Crippen LogP contribution >= 0.6 is 11.8 Å². The fourth-order valence-corrected chi connectivity index (χ4v) is 2.43. The summed E-state index contributed by atoms with van der Waals surface area (Å²) in [5.74, 6) is 0.308. The number of para-hydroxylation sites is 1. The average Bonchev–Trinajstić information content (AvgIpc) is 2.43. The van der Waals surface area contributed by atoms with Gasteiger partial charge in [-0.1, -0.05) is 18.2 Å². The van der Waals surface area contributed by atoms with Crippen molar-refractivity contribution in [1.82, 2.24) is 4.98 Å². The Morgan fingerprint density at radius 2 is 2.17 bits per heavy atom. The second kappa shape index (κ2) is 5.95. The Balaban J connectivity index is 2.33. The maximum absolute atomic E-state index is 11.0. The molecular formula is C13H13NO3S. The summed E-state index contributed by atoms with van der Waals surface area (Å²) in [5.41, 5.74) is 1.31. The average molecular weight is 263 g/mol. The van der Waals surface area contributed by atoms with E-state index >= 15 is 0 Å². The van der Waals surface area contributed by atoms with Gasteiger partial charge in [-0.05, 0) is 12.1 Å². The summed E-state index contributed by atoms with van der Waals surface area (Å²) < 4.78 is 0. The molecule has 1 aromatic heterocycles. The molecule has 18 heavy (non-hydrogen) atoms. The molecule has 2 N–H and O–H groups in total. The molecule has 1 unspecified atom stereocenters. The molecule has 0 radical (unpaired) electrons. The van der Waals surface area contributed by atoms with Gasteiger partial charge in [-0.2, -0.15) is 0 Å². The van der Waals surface area contributed by atoms with Crippen LogP contribution in [0.5, 0.6) is 0 Å². The molecule has 0 spiro atoms. The van der Waals surface area contributed by atoms with E-state index in [1.54, 1.807) is 6.07 Å². The van der Waals surface area contributed by atoms with E-state index in [1.165, 1.54) is 11.8 Å². The highest BCUT2D eigenvalue weighted by atomic mass is 32.2. The Labute approximate surface area is 109 Å². The van der Waals surface area contributed by atoms with Crippen molar-refractivity contribution in [1.29, 1.82) is 0 Å². The summed E-state index contributed by atoms with van der Waals surface area (Å²) in [4.78, 5) is 15.4. The largest absolute Gasteiger partial charge is 0.394 e. The van der Waals surface area contributed by atoms with Gasteiger partial charge in [0.1, 0.15) is 5.03 Å². The first-order valence-electron chi connectivity index (χ1n) is 5.51. The minimum Gasteiger partial charge on any atom is -0.394 e. The number of nitrogens with zero attached hydrogens (tertiary/aromatic N) is 1. The number of rotatable bonds is 5. The Hall–Kier alpha value is -1.43. The zero-order chi connectivity index (χ0) is 13.0. The number of carbonyl (C=O) groups excluding carboxylic acids is 1. The molecule has 4 nitrogen and oxygen atoms in total. The Morgan fingerprint density at radius 3 is 2.89 bits per heavy atom.